The van der Waals surface area contributed by atoms with Gasteiger partial charge in [-0.05, 0) is 24.2 Å². The molecule has 3 rings (SSSR count). The third-order valence-electron chi connectivity index (χ3n) is 5.44. The van der Waals surface area contributed by atoms with Gasteiger partial charge in [-0.25, -0.2) is 0 Å². The Hall–Kier alpha value is -0.330. The molecule has 11 heavy (non-hydrogen) atoms. The van der Waals surface area contributed by atoms with Crippen molar-refractivity contribution in [2.75, 3.05) is 0 Å². The number of Topliss-reactive ketones (excluding diaryl/α,β-unsaturated/α-hetero) is 1. The van der Waals surface area contributed by atoms with Crippen molar-refractivity contribution in [3.63, 3.8) is 0 Å². The van der Waals surface area contributed by atoms with Crippen LogP contribution in [0, 0.1) is 22.2 Å². The molecule has 3 aliphatic carbocycles. The highest BCUT2D eigenvalue weighted by Crippen LogP contribution is 2.92. The summed E-state index contributed by atoms with van der Waals surface area (Å²) in [6, 6.07) is 0. The van der Waals surface area contributed by atoms with Crippen molar-refractivity contribution in [3.05, 3.63) is 0 Å². The molecule has 1 nitrogen and oxygen atoms in total. The van der Waals surface area contributed by atoms with Crippen molar-refractivity contribution in [1.82, 2.24) is 0 Å². The third-order valence-corrected chi connectivity index (χ3v) is 5.44. The van der Waals surface area contributed by atoms with E-state index < -0.39 is 0 Å². The first kappa shape index (κ1) is 6.22. The molecule has 0 saturated heterocycles. The number of hydrogen-bond donors (Lipinski definition) is 0. The Morgan fingerprint density at radius 3 is 2.27 bits per heavy atom. The summed E-state index contributed by atoms with van der Waals surface area (Å²) in [7, 11) is 0. The highest BCUT2D eigenvalue weighted by molar-refractivity contribution is 6.05. The van der Waals surface area contributed by atoms with E-state index in [2.05, 4.69) is 20.8 Å². The Labute approximate surface area is 67.2 Å². The molecule has 0 amide bonds. The molecule has 3 aliphatic rings. The van der Waals surface area contributed by atoms with Crippen LogP contribution in [0.15, 0.2) is 0 Å². The van der Waals surface area contributed by atoms with Crippen molar-refractivity contribution in [1.29, 1.82) is 0 Å². The lowest BCUT2D eigenvalue weighted by Gasteiger charge is -2.47. The molecule has 3 saturated carbocycles. The lowest BCUT2D eigenvalue weighted by atomic mass is 9.53. The zero-order chi connectivity index (χ0) is 8.07. The summed E-state index contributed by atoms with van der Waals surface area (Å²) in [5.41, 5.74) is 0.628. The topological polar surface area (TPSA) is 17.1 Å². The maximum absolute atomic E-state index is 11.7. The van der Waals surface area contributed by atoms with Crippen molar-refractivity contribution in [2.45, 2.75) is 33.6 Å². The van der Waals surface area contributed by atoms with Crippen LogP contribution < -0.4 is 0 Å². The summed E-state index contributed by atoms with van der Waals surface area (Å²) in [4.78, 5) is 11.7. The summed E-state index contributed by atoms with van der Waals surface area (Å²) in [6.45, 7) is 6.65. The molecule has 4 atom stereocenters. The first-order chi connectivity index (χ1) is 4.99. The van der Waals surface area contributed by atoms with Crippen LogP contribution in [0.4, 0.5) is 0 Å². The van der Waals surface area contributed by atoms with Gasteiger partial charge in [-0.15, -0.1) is 0 Å². The van der Waals surface area contributed by atoms with Crippen LogP contribution in [0.25, 0.3) is 0 Å². The first-order valence-electron chi connectivity index (χ1n) is 4.54. The second kappa shape index (κ2) is 1.10. The molecule has 0 radical (unpaired) electrons. The predicted octanol–water partition coefficient (Wildman–Crippen LogP) is 2.01. The maximum Gasteiger partial charge on any atom is 0.146 e. The van der Waals surface area contributed by atoms with Gasteiger partial charge in [0.25, 0.3) is 0 Å². The number of hydrogen-bond acceptors (Lipinski definition) is 1. The van der Waals surface area contributed by atoms with Crippen molar-refractivity contribution in [3.8, 4) is 0 Å². The standard InChI is InChI=1S/C10H14O/c1-8-5-4-6-9(2,7(8)11)10(6,8)3/h6H,4-5H2,1-3H3. The summed E-state index contributed by atoms with van der Waals surface area (Å²) < 4.78 is 0. The van der Waals surface area contributed by atoms with Crippen molar-refractivity contribution < 1.29 is 4.79 Å². The van der Waals surface area contributed by atoms with Gasteiger partial charge in [0.05, 0.1) is 0 Å². The molecular weight excluding hydrogens is 136 g/mol. The quantitative estimate of drug-likeness (QED) is 0.516. The van der Waals surface area contributed by atoms with E-state index in [0.29, 0.717) is 11.2 Å². The zero-order valence-corrected chi connectivity index (χ0v) is 7.40. The van der Waals surface area contributed by atoms with Gasteiger partial charge in [-0.2, -0.15) is 0 Å². The van der Waals surface area contributed by atoms with Crippen LogP contribution in [-0.4, -0.2) is 5.78 Å². The van der Waals surface area contributed by atoms with Gasteiger partial charge in [-0.1, -0.05) is 20.8 Å². The van der Waals surface area contributed by atoms with Crippen LogP contribution in [-0.2, 0) is 4.79 Å². The van der Waals surface area contributed by atoms with Gasteiger partial charge < -0.3 is 0 Å². The lowest BCUT2D eigenvalue weighted by Crippen LogP contribution is -2.53. The smallest absolute Gasteiger partial charge is 0.146 e. The van der Waals surface area contributed by atoms with E-state index in [4.69, 9.17) is 0 Å². The van der Waals surface area contributed by atoms with E-state index in [1.807, 2.05) is 0 Å². The molecule has 0 heterocycles. The van der Waals surface area contributed by atoms with E-state index >= 15 is 0 Å². The van der Waals surface area contributed by atoms with E-state index in [-0.39, 0.29) is 10.8 Å². The number of ketones is 1. The Morgan fingerprint density at radius 2 is 2.00 bits per heavy atom. The van der Waals surface area contributed by atoms with Crippen molar-refractivity contribution in [2.24, 2.45) is 22.2 Å². The Bertz CT molecular complexity index is 283. The number of carbonyl (C=O) groups is 1. The Kier molecular flexibility index (Phi) is 0.623. The van der Waals surface area contributed by atoms with Crippen LogP contribution in [0.3, 0.4) is 0 Å². The normalized spacial score (nSPS) is 70.8. The predicted molar refractivity (Wildman–Crippen MR) is 42.1 cm³/mol. The fourth-order valence-electron chi connectivity index (χ4n) is 4.39. The van der Waals surface area contributed by atoms with Gasteiger partial charge in [0.2, 0.25) is 0 Å². The average Bonchev–Trinajstić information content (AvgIpc) is 2.27. The minimum atomic E-state index is 0.0897. The number of fused-ring (bicyclic) bond motifs is 1. The van der Waals surface area contributed by atoms with Gasteiger partial charge in [0.1, 0.15) is 5.78 Å². The third kappa shape index (κ3) is 0.273. The largest absolute Gasteiger partial charge is 0.298 e. The van der Waals surface area contributed by atoms with Crippen LogP contribution in [0.2, 0.25) is 0 Å². The van der Waals surface area contributed by atoms with E-state index in [0.717, 1.165) is 12.3 Å². The van der Waals surface area contributed by atoms with E-state index in [1.165, 1.54) is 6.42 Å². The van der Waals surface area contributed by atoms with Gasteiger partial charge in [-0.3, -0.25) is 4.79 Å². The molecule has 0 bridgehead atoms. The highest BCUT2D eigenvalue weighted by atomic mass is 16.1. The SMILES string of the molecule is CC12CCC3C(C)(C1=O)C32C. The average molecular weight is 150 g/mol. The second-order valence-corrected chi connectivity index (χ2v) is 5.16. The van der Waals surface area contributed by atoms with Crippen LogP contribution in [0.5, 0.6) is 0 Å². The molecule has 3 fully saturated rings. The minimum absolute atomic E-state index is 0.0897. The molecule has 0 aliphatic heterocycles. The molecule has 0 aromatic carbocycles. The van der Waals surface area contributed by atoms with Gasteiger partial charge in [0, 0.05) is 10.8 Å². The fourth-order valence-corrected chi connectivity index (χ4v) is 4.39. The molecule has 0 N–H and O–H groups in total. The molecule has 0 aromatic heterocycles. The molecule has 0 aromatic rings. The minimum Gasteiger partial charge on any atom is -0.298 e. The second-order valence-electron chi connectivity index (χ2n) is 5.16. The molecular formula is C10H14O. The monoisotopic (exact) mass is 150 g/mol. The van der Waals surface area contributed by atoms with Gasteiger partial charge >= 0.3 is 0 Å². The fraction of sp³-hybridized carbons (Fsp3) is 0.900. The maximum atomic E-state index is 11.7. The summed E-state index contributed by atoms with van der Waals surface area (Å²) in [5.74, 6) is 1.30. The first-order valence-corrected chi connectivity index (χ1v) is 4.54. The lowest BCUT2D eigenvalue weighted by molar-refractivity contribution is -0.153. The summed E-state index contributed by atoms with van der Waals surface area (Å²) in [5, 5.41) is 0. The van der Waals surface area contributed by atoms with E-state index in [1.54, 1.807) is 0 Å². The zero-order valence-electron chi connectivity index (χ0n) is 7.40. The molecule has 0 spiro atoms. The van der Waals surface area contributed by atoms with Crippen LogP contribution in [0.1, 0.15) is 33.6 Å². The Morgan fingerprint density at radius 1 is 1.36 bits per heavy atom. The van der Waals surface area contributed by atoms with Gasteiger partial charge in [0.15, 0.2) is 0 Å². The number of carbonyl (C=O) groups excluding carboxylic acids is 1. The highest BCUT2D eigenvalue weighted by Gasteiger charge is 2.93. The summed E-state index contributed by atoms with van der Waals surface area (Å²) in [6.07, 6.45) is 2.46. The number of rotatable bonds is 0. The van der Waals surface area contributed by atoms with Crippen LogP contribution >= 0.6 is 0 Å². The molecule has 4 unspecified atom stereocenters. The van der Waals surface area contributed by atoms with E-state index in [9.17, 15) is 4.79 Å². The molecule has 1 heteroatoms. The van der Waals surface area contributed by atoms with Crippen molar-refractivity contribution >= 4 is 5.78 Å². The summed E-state index contributed by atoms with van der Waals surface area (Å²) >= 11 is 0. The molecule has 60 valence electrons. The Balaban J connectivity index is 2.21.